The minimum atomic E-state index is -1.49. The molecule has 0 aromatic heterocycles. The van der Waals surface area contributed by atoms with Gasteiger partial charge in [0.25, 0.3) is 0 Å². The molecule has 6 heteroatoms. The molecule has 0 aliphatic rings. The molecule has 9 heavy (non-hydrogen) atoms. The van der Waals surface area contributed by atoms with E-state index in [1.54, 1.807) is 0 Å². The Bertz CT molecular complexity index is 76.3. The van der Waals surface area contributed by atoms with Gasteiger partial charge in [0, 0.05) is 0 Å². The molecule has 0 radical (unpaired) electrons. The molecule has 0 amide bonds. The van der Waals surface area contributed by atoms with Gasteiger partial charge in [0.2, 0.25) is 0 Å². The second kappa shape index (κ2) is 3.94. The maximum atomic E-state index is 5.44. The molecular weight excluding hydrogens is 249 g/mol. The van der Waals surface area contributed by atoms with Crippen LogP contribution in [0, 0.1) is 0 Å². The second-order valence-corrected chi connectivity index (χ2v) is 4.91. The Morgan fingerprint density at radius 3 is 1.00 bits per heavy atom. The summed E-state index contributed by atoms with van der Waals surface area (Å²) in [5.41, 5.74) is 0. The lowest BCUT2D eigenvalue weighted by molar-refractivity contribution is 0.913. The molecule has 0 aromatic carbocycles. The maximum Gasteiger partial charge on any atom is 0.177 e. The van der Waals surface area contributed by atoms with E-state index < -0.39 is 14.0 Å². The van der Waals surface area contributed by atoms with Crippen LogP contribution in [0.25, 0.3) is 0 Å². The van der Waals surface area contributed by atoms with Gasteiger partial charge in [-0.3, -0.25) is 0 Å². The monoisotopic (exact) mass is 248 g/mol. The van der Waals surface area contributed by atoms with Crippen molar-refractivity contribution >= 4 is 69.6 Å². The van der Waals surface area contributed by atoms with E-state index in [1.807, 2.05) is 0 Å². The first-order valence-corrected chi connectivity index (χ1v) is 4.33. The summed E-state index contributed by atoms with van der Waals surface area (Å²) in [6, 6.07) is 0. The SMILES string of the molecule is ClC(Cl)C(Cl)(Cl)C(Cl)Cl. The van der Waals surface area contributed by atoms with Crippen LogP contribution in [-0.2, 0) is 0 Å². The summed E-state index contributed by atoms with van der Waals surface area (Å²) in [5, 5.41) is 0. The molecule has 0 heterocycles. The van der Waals surface area contributed by atoms with Gasteiger partial charge in [0.15, 0.2) is 4.33 Å². The second-order valence-electron chi connectivity index (χ2n) is 1.28. The zero-order valence-electron chi connectivity index (χ0n) is 3.92. The molecular formula is C3H2Cl6. The molecule has 0 saturated heterocycles. The average molecular weight is 251 g/mol. The van der Waals surface area contributed by atoms with Gasteiger partial charge in [-0.25, -0.2) is 0 Å². The van der Waals surface area contributed by atoms with Crippen molar-refractivity contribution < 1.29 is 0 Å². The Kier molecular flexibility index (Phi) is 4.70. The molecule has 0 bridgehead atoms. The zero-order chi connectivity index (χ0) is 7.65. The highest BCUT2D eigenvalue weighted by Gasteiger charge is 2.38. The third kappa shape index (κ3) is 3.09. The minimum Gasteiger partial charge on any atom is -0.102 e. The zero-order valence-corrected chi connectivity index (χ0v) is 8.46. The van der Waals surface area contributed by atoms with Crippen molar-refractivity contribution in [1.82, 2.24) is 0 Å². The molecule has 0 nitrogen and oxygen atoms in total. The number of alkyl halides is 6. The molecule has 0 N–H and O–H groups in total. The Morgan fingerprint density at radius 2 is 1.00 bits per heavy atom. The molecule has 56 valence electrons. The Balaban J connectivity index is 4.01. The molecule has 0 rings (SSSR count). The van der Waals surface area contributed by atoms with Gasteiger partial charge in [0.1, 0.15) is 9.67 Å². The summed E-state index contributed by atoms with van der Waals surface area (Å²) < 4.78 is -1.49. The quantitative estimate of drug-likeness (QED) is 0.655. The predicted octanol–water partition coefficient (Wildman–Crippen LogP) is 3.77. The van der Waals surface area contributed by atoms with Gasteiger partial charge in [-0.05, 0) is 0 Å². The minimum absolute atomic E-state index is 0.999. The summed E-state index contributed by atoms with van der Waals surface area (Å²) in [6.45, 7) is 0. The number of rotatable bonds is 2. The van der Waals surface area contributed by atoms with Crippen molar-refractivity contribution in [2.75, 3.05) is 0 Å². The van der Waals surface area contributed by atoms with Gasteiger partial charge >= 0.3 is 0 Å². The van der Waals surface area contributed by atoms with Crippen LogP contribution in [0.3, 0.4) is 0 Å². The van der Waals surface area contributed by atoms with Crippen molar-refractivity contribution in [3.05, 3.63) is 0 Å². The van der Waals surface area contributed by atoms with E-state index >= 15 is 0 Å². The predicted molar refractivity (Wildman–Crippen MR) is 45.4 cm³/mol. The fraction of sp³-hybridized carbons (Fsp3) is 1.00. The van der Waals surface area contributed by atoms with Crippen molar-refractivity contribution in [1.29, 1.82) is 0 Å². The Labute approximate surface area is 83.3 Å². The van der Waals surface area contributed by atoms with Crippen LogP contribution in [0.4, 0.5) is 0 Å². The summed E-state index contributed by atoms with van der Waals surface area (Å²) in [6.07, 6.45) is 0. The van der Waals surface area contributed by atoms with E-state index in [1.165, 1.54) is 0 Å². The highest BCUT2D eigenvalue weighted by molar-refractivity contribution is 6.66. The first kappa shape index (κ1) is 10.7. The Morgan fingerprint density at radius 1 is 0.778 bits per heavy atom. The highest BCUT2D eigenvalue weighted by Crippen LogP contribution is 2.39. The fourth-order valence-corrected chi connectivity index (χ4v) is 0.857. The van der Waals surface area contributed by atoms with Gasteiger partial charge < -0.3 is 0 Å². The summed E-state index contributed by atoms with van der Waals surface area (Å²) in [7, 11) is 0. The lowest BCUT2D eigenvalue weighted by Gasteiger charge is -2.20. The van der Waals surface area contributed by atoms with Crippen molar-refractivity contribution in [3.8, 4) is 0 Å². The van der Waals surface area contributed by atoms with E-state index in [2.05, 4.69) is 0 Å². The molecule has 0 aliphatic carbocycles. The van der Waals surface area contributed by atoms with E-state index in [9.17, 15) is 0 Å². The smallest absolute Gasteiger partial charge is 0.102 e. The third-order valence-corrected chi connectivity index (χ3v) is 3.73. The Hall–Kier alpha value is 1.74. The average Bonchev–Trinajstić information content (AvgIpc) is 1.65. The molecule has 0 spiro atoms. The first-order valence-electron chi connectivity index (χ1n) is 1.83. The third-order valence-electron chi connectivity index (χ3n) is 0.582. The molecule has 0 saturated carbocycles. The number of hydrogen-bond acceptors (Lipinski definition) is 0. The lowest BCUT2D eigenvalue weighted by atomic mass is 10.5. The number of hydrogen-bond donors (Lipinski definition) is 0. The van der Waals surface area contributed by atoms with Crippen LogP contribution in [0.2, 0.25) is 0 Å². The highest BCUT2D eigenvalue weighted by atomic mass is 35.5. The van der Waals surface area contributed by atoms with E-state index in [4.69, 9.17) is 69.6 Å². The van der Waals surface area contributed by atoms with Crippen molar-refractivity contribution in [3.63, 3.8) is 0 Å². The van der Waals surface area contributed by atoms with Crippen molar-refractivity contribution in [2.24, 2.45) is 0 Å². The molecule has 0 aliphatic heterocycles. The van der Waals surface area contributed by atoms with Gasteiger partial charge in [-0.1, -0.05) is 23.2 Å². The summed E-state index contributed by atoms with van der Waals surface area (Å²) in [4.78, 5) is -2.00. The largest absolute Gasteiger partial charge is 0.177 e. The lowest BCUT2D eigenvalue weighted by Crippen LogP contribution is -2.29. The van der Waals surface area contributed by atoms with Crippen LogP contribution >= 0.6 is 69.6 Å². The van der Waals surface area contributed by atoms with Gasteiger partial charge in [0.05, 0.1) is 0 Å². The van der Waals surface area contributed by atoms with Gasteiger partial charge in [-0.2, -0.15) is 0 Å². The maximum absolute atomic E-state index is 5.44. The van der Waals surface area contributed by atoms with Crippen LogP contribution < -0.4 is 0 Å². The van der Waals surface area contributed by atoms with Crippen molar-refractivity contribution in [2.45, 2.75) is 14.0 Å². The first-order chi connectivity index (χ1) is 3.89. The van der Waals surface area contributed by atoms with Crippen LogP contribution in [0.5, 0.6) is 0 Å². The summed E-state index contributed by atoms with van der Waals surface area (Å²) in [5.74, 6) is 0. The van der Waals surface area contributed by atoms with E-state index in [-0.39, 0.29) is 0 Å². The topological polar surface area (TPSA) is 0 Å². The molecule has 0 aromatic rings. The normalized spacial score (nSPS) is 13.3. The molecule has 0 unspecified atom stereocenters. The van der Waals surface area contributed by atoms with Gasteiger partial charge in [-0.15, -0.1) is 46.4 Å². The standard InChI is InChI=1S/C3H2Cl6/c4-1(5)3(8,9)2(6)7/h1-2H. The van der Waals surface area contributed by atoms with E-state index in [0.29, 0.717) is 0 Å². The molecule has 0 fully saturated rings. The van der Waals surface area contributed by atoms with E-state index in [0.717, 1.165) is 0 Å². The number of halogens is 6. The van der Waals surface area contributed by atoms with Crippen LogP contribution in [0.15, 0.2) is 0 Å². The summed E-state index contributed by atoms with van der Waals surface area (Å²) >= 11 is 32.1. The molecule has 0 atom stereocenters. The van der Waals surface area contributed by atoms with Crippen LogP contribution in [0.1, 0.15) is 0 Å². The fourth-order valence-electron chi connectivity index (χ4n) is 0.0952. The van der Waals surface area contributed by atoms with Crippen LogP contribution in [-0.4, -0.2) is 14.0 Å².